The summed E-state index contributed by atoms with van der Waals surface area (Å²) in [6, 6.07) is 10.5. The van der Waals surface area contributed by atoms with Crippen molar-refractivity contribution in [3.05, 3.63) is 58.9 Å². The highest BCUT2D eigenvalue weighted by Crippen LogP contribution is 2.25. The lowest BCUT2D eigenvalue weighted by Crippen LogP contribution is -2.33. The quantitative estimate of drug-likeness (QED) is 0.751. The molecule has 1 atom stereocenters. The smallest absolute Gasteiger partial charge is 0.102 e. The van der Waals surface area contributed by atoms with Crippen LogP contribution in [0.4, 0.5) is 0 Å². The molecular weight excluding hydrogens is 324 g/mol. The van der Waals surface area contributed by atoms with Crippen molar-refractivity contribution in [1.29, 1.82) is 0 Å². The van der Waals surface area contributed by atoms with Gasteiger partial charge < -0.3 is 15.4 Å². The van der Waals surface area contributed by atoms with Crippen molar-refractivity contribution in [1.82, 2.24) is 20.8 Å². The van der Waals surface area contributed by atoms with Crippen molar-refractivity contribution in [2.75, 3.05) is 26.2 Å². The van der Waals surface area contributed by atoms with E-state index in [1.54, 1.807) is 0 Å². The van der Waals surface area contributed by atoms with Crippen molar-refractivity contribution in [2.45, 2.75) is 6.10 Å². The Morgan fingerprint density at radius 1 is 1.17 bits per heavy atom. The number of aromatic nitrogens is 2. The Morgan fingerprint density at radius 2 is 2.04 bits per heavy atom. The molecule has 1 fully saturated rings. The summed E-state index contributed by atoms with van der Waals surface area (Å²) in [5.74, 6) is 0. The van der Waals surface area contributed by atoms with Gasteiger partial charge in [0.15, 0.2) is 0 Å². The van der Waals surface area contributed by atoms with Gasteiger partial charge in [-0.05, 0) is 28.8 Å². The van der Waals surface area contributed by atoms with Crippen molar-refractivity contribution >= 4 is 17.2 Å². The highest BCUT2D eigenvalue weighted by molar-refractivity contribution is 6.29. The number of ether oxygens (including phenoxy) is 1. The van der Waals surface area contributed by atoms with Crippen LogP contribution in [0.3, 0.4) is 0 Å². The van der Waals surface area contributed by atoms with Gasteiger partial charge >= 0.3 is 0 Å². The summed E-state index contributed by atoms with van der Waals surface area (Å²) in [5, 5.41) is 14.6. The van der Waals surface area contributed by atoms with Gasteiger partial charge in [-0.25, -0.2) is 0 Å². The average Bonchev–Trinajstić information content (AvgIpc) is 3.13. The molecule has 0 amide bonds. The summed E-state index contributed by atoms with van der Waals surface area (Å²) in [5.41, 5.74) is 5.35. The Morgan fingerprint density at radius 3 is 2.75 bits per heavy atom. The summed E-state index contributed by atoms with van der Waals surface area (Å²) in [4.78, 5) is 0. The molecule has 0 unspecified atom stereocenters. The monoisotopic (exact) mass is 342 g/mol. The third-order valence-corrected chi connectivity index (χ3v) is 4.57. The van der Waals surface area contributed by atoms with Crippen LogP contribution in [0, 0.1) is 0 Å². The maximum Gasteiger partial charge on any atom is 0.102 e. The number of nitrogens with zero attached hydrogens (tertiary/aromatic N) is 1. The molecule has 1 aromatic carbocycles. The van der Waals surface area contributed by atoms with E-state index in [9.17, 15) is 0 Å². The largest absolute Gasteiger partial charge is 0.372 e. The lowest BCUT2D eigenvalue weighted by Gasteiger charge is -2.24. The number of rotatable bonds is 3. The molecule has 0 aliphatic carbocycles. The molecule has 1 aromatic heterocycles. The topological polar surface area (TPSA) is 62.0 Å². The fourth-order valence-electron chi connectivity index (χ4n) is 2.94. The van der Waals surface area contributed by atoms with Crippen LogP contribution < -0.4 is 10.6 Å². The second kappa shape index (κ2) is 6.81. The van der Waals surface area contributed by atoms with Crippen LogP contribution in [0.2, 0.25) is 0 Å². The third kappa shape index (κ3) is 3.24. The third-order valence-electron chi connectivity index (χ3n) is 4.31. The van der Waals surface area contributed by atoms with Gasteiger partial charge in [0.2, 0.25) is 0 Å². The first-order valence-corrected chi connectivity index (χ1v) is 8.46. The van der Waals surface area contributed by atoms with Gasteiger partial charge in [-0.15, -0.1) is 0 Å². The van der Waals surface area contributed by atoms with Crippen molar-refractivity contribution in [3.8, 4) is 11.3 Å². The molecule has 0 bridgehead atoms. The predicted octanol–water partition coefficient (Wildman–Crippen LogP) is 2.80. The molecule has 6 heteroatoms. The molecule has 4 rings (SSSR count). The van der Waals surface area contributed by atoms with E-state index in [2.05, 4.69) is 51.2 Å². The number of aromatic amines is 1. The minimum absolute atomic E-state index is 0.139. The van der Waals surface area contributed by atoms with Crippen molar-refractivity contribution in [2.24, 2.45) is 0 Å². The maximum absolute atomic E-state index is 5.91. The maximum atomic E-state index is 5.91. The van der Waals surface area contributed by atoms with E-state index in [-0.39, 0.29) is 6.10 Å². The number of halogens is 1. The predicted molar refractivity (Wildman–Crippen MR) is 95.5 cm³/mol. The van der Waals surface area contributed by atoms with Gasteiger partial charge in [-0.2, -0.15) is 5.10 Å². The molecule has 2 aliphatic rings. The minimum Gasteiger partial charge on any atom is -0.372 e. The van der Waals surface area contributed by atoms with Crippen LogP contribution in [0.5, 0.6) is 0 Å². The van der Waals surface area contributed by atoms with Crippen LogP contribution in [0.1, 0.15) is 17.4 Å². The first-order chi connectivity index (χ1) is 11.8. The molecule has 5 nitrogen and oxygen atoms in total. The number of H-pyrrole nitrogens is 1. The minimum atomic E-state index is 0.139. The number of dihydropyridines is 1. The molecule has 0 radical (unpaired) electrons. The molecule has 1 saturated heterocycles. The van der Waals surface area contributed by atoms with E-state index in [0.717, 1.165) is 42.2 Å². The van der Waals surface area contributed by atoms with Gasteiger partial charge in [0, 0.05) is 19.6 Å². The summed E-state index contributed by atoms with van der Waals surface area (Å²) in [6.45, 7) is 3.24. The van der Waals surface area contributed by atoms with E-state index in [1.807, 2.05) is 12.2 Å². The Balaban J connectivity index is 1.52. The molecule has 2 aliphatic heterocycles. The van der Waals surface area contributed by atoms with Crippen molar-refractivity contribution < 1.29 is 4.74 Å². The zero-order valence-electron chi connectivity index (χ0n) is 13.2. The number of morpholine rings is 1. The van der Waals surface area contributed by atoms with E-state index in [1.165, 1.54) is 5.56 Å². The van der Waals surface area contributed by atoms with Gasteiger partial charge in [0.1, 0.15) is 5.16 Å². The Kier molecular flexibility index (Phi) is 4.38. The number of hydrogen-bond acceptors (Lipinski definition) is 4. The van der Waals surface area contributed by atoms with E-state index < -0.39 is 0 Å². The summed E-state index contributed by atoms with van der Waals surface area (Å²) < 4.78 is 5.79. The fourth-order valence-corrected chi connectivity index (χ4v) is 3.07. The summed E-state index contributed by atoms with van der Waals surface area (Å²) >= 11 is 5.91. The second-order valence-corrected chi connectivity index (χ2v) is 6.32. The summed E-state index contributed by atoms with van der Waals surface area (Å²) in [7, 11) is 0. The van der Waals surface area contributed by atoms with Crippen LogP contribution in [0.15, 0.2) is 47.6 Å². The van der Waals surface area contributed by atoms with Crippen LogP contribution in [-0.4, -0.2) is 36.4 Å². The van der Waals surface area contributed by atoms with Crippen molar-refractivity contribution in [3.63, 3.8) is 0 Å². The first kappa shape index (κ1) is 15.4. The standard InChI is InChI=1S/C18H19ClN4O/c19-18-6-5-14(10-21-18)16-9-15(22-23-16)12-1-3-13(4-2-12)17-11-20-7-8-24-17/h1-6,9,17,20-21H,7-8,10-11H2,(H,22,23)/t17-/m1/s1. The SMILES string of the molecule is ClC1=CC=C(c2cc(-c3ccc([C@H]4CNCCO4)cc3)[nH]n2)CN1. The lowest BCUT2D eigenvalue weighted by atomic mass is 10.0. The lowest BCUT2D eigenvalue weighted by molar-refractivity contribution is 0.0277. The van der Waals surface area contributed by atoms with Crippen LogP contribution in [-0.2, 0) is 4.74 Å². The van der Waals surface area contributed by atoms with E-state index >= 15 is 0 Å². The molecule has 24 heavy (non-hydrogen) atoms. The molecule has 0 spiro atoms. The van der Waals surface area contributed by atoms with Gasteiger partial charge in [-0.3, -0.25) is 5.10 Å². The first-order valence-electron chi connectivity index (χ1n) is 8.08. The average molecular weight is 343 g/mol. The summed E-state index contributed by atoms with van der Waals surface area (Å²) in [6.07, 6.45) is 3.98. The van der Waals surface area contributed by atoms with Crippen LogP contribution in [0.25, 0.3) is 16.8 Å². The number of benzene rings is 1. The Bertz CT molecular complexity index is 773. The molecule has 124 valence electrons. The molecule has 3 heterocycles. The molecule has 0 saturated carbocycles. The fraction of sp³-hybridized carbons (Fsp3) is 0.278. The number of nitrogens with one attached hydrogen (secondary N) is 3. The van der Waals surface area contributed by atoms with E-state index in [4.69, 9.17) is 16.3 Å². The van der Waals surface area contributed by atoms with Gasteiger partial charge in [0.05, 0.1) is 24.1 Å². The van der Waals surface area contributed by atoms with E-state index in [0.29, 0.717) is 11.7 Å². The highest BCUT2D eigenvalue weighted by Gasteiger charge is 2.16. The molecule has 3 N–H and O–H groups in total. The highest BCUT2D eigenvalue weighted by atomic mass is 35.5. The number of allylic oxidation sites excluding steroid dienone is 2. The zero-order valence-corrected chi connectivity index (χ0v) is 13.9. The van der Waals surface area contributed by atoms with Gasteiger partial charge in [0.25, 0.3) is 0 Å². The molecule has 2 aromatic rings. The Hall–Kier alpha value is -2.08. The normalized spacial score (nSPS) is 21.0. The van der Waals surface area contributed by atoms with Gasteiger partial charge in [-0.1, -0.05) is 41.9 Å². The second-order valence-electron chi connectivity index (χ2n) is 5.91. The zero-order chi connectivity index (χ0) is 16.4. The number of hydrogen-bond donors (Lipinski definition) is 3. The molecular formula is C18H19ClN4O. The Labute approximate surface area is 145 Å². The van der Waals surface area contributed by atoms with Crippen LogP contribution >= 0.6 is 11.6 Å².